The third-order valence-electron chi connectivity index (χ3n) is 2.77. The Balaban J connectivity index is 2.23. The van der Waals surface area contributed by atoms with Crippen LogP contribution >= 0.6 is 0 Å². The average molecular weight is 248 g/mol. The SMILES string of the molecule is CCOC(=O)CCc1ccc(O)c2cc(C)oc12. The van der Waals surface area contributed by atoms with E-state index >= 15 is 0 Å². The highest BCUT2D eigenvalue weighted by Crippen LogP contribution is 2.31. The minimum atomic E-state index is -0.220. The molecule has 0 saturated carbocycles. The van der Waals surface area contributed by atoms with Crippen molar-refractivity contribution in [3.63, 3.8) is 0 Å². The summed E-state index contributed by atoms with van der Waals surface area (Å²) in [6.45, 7) is 4.00. The molecule has 0 radical (unpaired) electrons. The number of benzene rings is 1. The maximum Gasteiger partial charge on any atom is 0.306 e. The van der Waals surface area contributed by atoms with Crippen LogP contribution in [0.25, 0.3) is 11.0 Å². The number of carbonyl (C=O) groups excluding carboxylic acids is 1. The second-order valence-electron chi connectivity index (χ2n) is 4.15. The molecule has 4 nitrogen and oxygen atoms in total. The van der Waals surface area contributed by atoms with Gasteiger partial charge in [-0.1, -0.05) is 6.07 Å². The van der Waals surface area contributed by atoms with E-state index in [9.17, 15) is 9.90 Å². The van der Waals surface area contributed by atoms with E-state index < -0.39 is 0 Å². The van der Waals surface area contributed by atoms with Crippen LogP contribution < -0.4 is 0 Å². The summed E-state index contributed by atoms with van der Waals surface area (Å²) in [5, 5.41) is 10.4. The minimum absolute atomic E-state index is 0.196. The predicted molar refractivity (Wildman–Crippen MR) is 67.6 cm³/mol. The number of fused-ring (bicyclic) bond motifs is 1. The topological polar surface area (TPSA) is 59.7 Å². The van der Waals surface area contributed by atoms with Gasteiger partial charge in [0.15, 0.2) is 0 Å². The number of hydrogen-bond donors (Lipinski definition) is 1. The molecule has 0 atom stereocenters. The fourth-order valence-electron chi connectivity index (χ4n) is 1.95. The summed E-state index contributed by atoms with van der Waals surface area (Å²) in [6.07, 6.45) is 0.857. The Morgan fingerprint density at radius 2 is 2.22 bits per heavy atom. The number of esters is 1. The van der Waals surface area contributed by atoms with Crippen LogP contribution in [0, 0.1) is 6.92 Å². The van der Waals surface area contributed by atoms with E-state index in [4.69, 9.17) is 9.15 Å². The van der Waals surface area contributed by atoms with Crippen LogP contribution in [0.3, 0.4) is 0 Å². The second-order valence-corrected chi connectivity index (χ2v) is 4.15. The number of carbonyl (C=O) groups is 1. The van der Waals surface area contributed by atoms with E-state index in [0.717, 1.165) is 11.3 Å². The number of aryl methyl sites for hydroxylation is 2. The Morgan fingerprint density at radius 3 is 2.94 bits per heavy atom. The average Bonchev–Trinajstić information content (AvgIpc) is 2.71. The number of phenols is 1. The van der Waals surface area contributed by atoms with Crippen molar-refractivity contribution in [2.75, 3.05) is 6.61 Å². The lowest BCUT2D eigenvalue weighted by Crippen LogP contribution is -2.05. The summed E-state index contributed by atoms with van der Waals surface area (Å²) in [7, 11) is 0. The van der Waals surface area contributed by atoms with Crippen molar-refractivity contribution in [2.24, 2.45) is 0 Å². The van der Waals surface area contributed by atoms with Gasteiger partial charge in [0.2, 0.25) is 0 Å². The quantitative estimate of drug-likeness (QED) is 0.845. The number of hydrogen-bond acceptors (Lipinski definition) is 4. The minimum Gasteiger partial charge on any atom is -0.507 e. The number of furan rings is 1. The molecule has 0 saturated heterocycles. The Hall–Kier alpha value is -1.97. The molecule has 0 aliphatic rings. The van der Waals surface area contributed by atoms with E-state index in [2.05, 4.69) is 0 Å². The van der Waals surface area contributed by atoms with Crippen LogP contribution in [-0.4, -0.2) is 17.7 Å². The van der Waals surface area contributed by atoms with Crippen LogP contribution in [0.15, 0.2) is 22.6 Å². The molecule has 4 heteroatoms. The second kappa shape index (κ2) is 5.12. The van der Waals surface area contributed by atoms with Crippen LogP contribution in [0.2, 0.25) is 0 Å². The molecule has 0 unspecified atom stereocenters. The molecule has 0 amide bonds. The molecule has 2 rings (SSSR count). The van der Waals surface area contributed by atoms with Crippen molar-refractivity contribution in [1.29, 1.82) is 0 Å². The van der Waals surface area contributed by atoms with Gasteiger partial charge in [0.05, 0.1) is 12.0 Å². The van der Waals surface area contributed by atoms with Gasteiger partial charge in [-0.25, -0.2) is 0 Å². The Kier molecular flexibility index (Phi) is 3.55. The molecule has 0 spiro atoms. The number of ether oxygens (including phenoxy) is 1. The van der Waals surface area contributed by atoms with Gasteiger partial charge in [0.1, 0.15) is 17.1 Å². The molecule has 2 aromatic rings. The highest BCUT2D eigenvalue weighted by molar-refractivity contribution is 5.87. The van der Waals surface area contributed by atoms with Crippen molar-refractivity contribution in [2.45, 2.75) is 26.7 Å². The van der Waals surface area contributed by atoms with Crippen molar-refractivity contribution >= 4 is 16.9 Å². The van der Waals surface area contributed by atoms with Gasteiger partial charge in [0, 0.05) is 6.42 Å². The first-order valence-corrected chi connectivity index (χ1v) is 5.98. The van der Waals surface area contributed by atoms with Crippen molar-refractivity contribution in [3.05, 3.63) is 29.5 Å². The zero-order valence-corrected chi connectivity index (χ0v) is 10.5. The molecular formula is C14H16O4. The lowest BCUT2D eigenvalue weighted by molar-refractivity contribution is -0.143. The van der Waals surface area contributed by atoms with Crippen LogP contribution in [0.1, 0.15) is 24.7 Å². The summed E-state index contributed by atoms with van der Waals surface area (Å²) in [5.74, 6) is 0.715. The molecule has 1 aromatic heterocycles. The number of rotatable bonds is 4. The van der Waals surface area contributed by atoms with E-state index in [1.54, 1.807) is 25.1 Å². The molecule has 0 bridgehead atoms. The molecule has 96 valence electrons. The Morgan fingerprint density at radius 1 is 1.44 bits per heavy atom. The van der Waals surface area contributed by atoms with Gasteiger partial charge in [-0.3, -0.25) is 4.79 Å². The summed E-state index contributed by atoms with van der Waals surface area (Å²) in [4.78, 5) is 11.3. The maximum atomic E-state index is 11.3. The number of aromatic hydroxyl groups is 1. The summed E-state index contributed by atoms with van der Waals surface area (Å²) in [5.41, 5.74) is 1.56. The zero-order chi connectivity index (χ0) is 13.1. The highest BCUT2D eigenvalue weighted by Gasteiger charge is 2.12. The van der Waals surface area contributed by atoms with Gasteiger partial charge in [-0.05, 0) is 38.0 Å². The van der Waals surface area contributed by atoms with E-state index in [1.165, 1.54) is 0 Å². The first-order valence-electron chi connectivity index (χ1n) is 5.98. The Labute approximate surface area is 105 Å². The molecule has 1 N–H and O–H groups in total. The lowest BCUT2D eigenvalue weighted by Gasteiger charge is -2.04. The normalized spacial score (nSPS) is 10.8. The van der Waals surface area contributed by atoms with Gasteiger partial charge < -0.3 is 14.3 Å². The van der Waals surface area contributed by atoms with Gasteiger partial charge in [0.25, 0.3) is 0 Å². The first-order chi connectivity index (χ1) is 8.61. The van der Waals surface area contributed by atoms with Crippen LogP contribution in [0.4, 0.5) is 0 Å². The third kappa shape index (κ3) is 2.47. The molecule has 0 aliphatic carbocycles. The zero-order valence-electron chi connectivity index (χ0n) is 10.5. The van der Waals surface area contributed by atoms with E-state index in [0.29, 0.717) is 30.4 Å². The monoisotopic (exact) mass is 248 g/mol. The van der Waals surface area contributed by atoms with Crippen molar-refractivity contribution < 1.29 is 19.1 Å². The summed E-state index contributed by atoms with van der Waals surface area (Å²) >= 11 is 0. The largest absolute Gasteiger partial charge is 0.507 e. The van der Waals surface area contributed by atoms with Crippen molar-refractivity contribution in [3.8, 4) is 5.75 Å². The van der Waals surface area contributed by atoms with Gasteiger partial charge in [-0.2, -0.15) is 0 Å². The lowest BCUT2D eigenvalue weighted by atomic mass is 10.1. The van der Waals surface area contributed by atoms with Crippen LogP contribution in [-0.2, 0) is 16.0 Å². The predicted octanol–water partition coefficient (Wildman–Crippen LogP) is 2.94. The van der Waals surface area contributed by atoms with Crippen molar-refractivity contribution in [1.82, 2.24) is 0 Å². The summed E-state index contributed by atoms with van der Waals surface area (Å²) in [6, 6.07) is 5.19. The van der Waals surface area contributed by atoms with Gasteiger partial charge in [-0.15, -0.1) is 0 Å². The fraction of sp³-hybridized carbons (Fsp3) is 0.357. The van der Waals surface area contributed by atoms with E-state index in [1.807, 2.05) is 6.92 Å². The van der Waals surface area contributed by atoms with Crippen LogP contribution in [0.5, 0.6) is 5.75 Å². The molecule has 1 aromatic carbocycles. The highest BCUT2D eigenvalue weighted by atomic mass is 16.5. The summed E-state index contributed by atoms with van der Waals surface area (Å²) < 4.78 is 10.4. The maximum absolute atomic E-state index is 11.3. The smallest absolute Gasteiger partial charge is 0.306 e. The molecule has 0 aliphatic heterocycles. The molecule has 0 fully saturated rings. The van der Waals surface area contributed by atoms with E-state index in [-0.39, 0.29) is 11.7 Å². The van der Waals surface area contributed by atoms with Gasteiger partial charge >= 0.3 is 5.97 Å². The standard InChI is InChI=1S/C14H16O4/c1-3-17-13(16)7-5-10-4-6-12(15)11-8-9(2)18-14(10)11/h4,6,8,15H,3,5,7H2,1-2H3. The fourth-order valence-corrected chi connectivity index (χ4v) is 1.95. The molecule has 18 heavy (non-hydrogen) atoms. The molecule has 1 heterocycles. The Bertz CT molecular complexity index is 568. The number of phenolic OH excluding ortho intramolecular Hbond substituents is 1. The first kappa shape index (κ1) is 12.5. The molecular weight excluding hydrogens is 232 g/mol. The third-order valence-corrected chi connectivity index (χ3v) is 2.77.